The molecule has 0 aromatic rings. The van der Waals surface area contributed by atoms with Crippen molar-refractivity contribution in [1.82, 2.24) is 9.80 Å². The van der Waals surface area contributed by atoms with Crippen molar-refractivity contribution < 1.29 is 14.7 Å². The van der Waals surface area contributed by atoms with Crippen molar-refractivity contribution >= 4 is 12.0 Å². The molecule has 3 unspecified atom stereocenters. The summed E-state index contributed by atoms with van der Waals surface area (Å²) in [7, 11) is 1.79. The van der Waals surface area contributed by atoms with Gasteiger partial charge in [-0.2, -0.15) is 0 Å². The van der Waals surface area contributed by atoms with E-state index in [0.29, 0.717) is 13.1 Å². The number of carboxylic acid groups (broad SMARTS) is 1. The smallest absolute Gasteiger partial charge is 0.320 e. The minimum atomic E-state index is -0.804. The van der Waals surface area contributed by atoms with Crippen LogP contribution in [0.1, 0.15) is 33.6 Å². The lowest BCUT2D eigenvalue weighted by molar-refractivity contribution is -0.142. The molecule has 3 atom stereocenters. The van der Waals surface area contributed by atoms with Gasteiger partial charge in [-0.05, 0) is 19.3 Å². The van der Waals surface area contributed by atoms with Gasteiger partial charge in [0.2, 0.25) is 0 Å². The van der Waals surface area contributed by atoms with Crippen LogP contribution in [0.3, 0.4) is 0 Å². The van der Waals surface area contributed by atoms with Crippen LogP contribution in [0.4, 0.5) is 4.79 Å². The van der Waals surface area contributed by atoms with Crippen molar-refractivity contribution in [3.05, 3.63) is 0 Å². The number of urea groups is 1. The molecule has 0 radical (unpaired) electrons. The Morgan fingerprint density at radius 3 is 2.50 bits per heavy atom. The number of nitrogens with zero attached hydrogens (tertiary/aromatic N) is 2. The van der Waals surface area contributed by atoms with Gasteiger partial charge in [0.15, 0.2) is 0 Å². The normalized spacial score (nSPS) is 25.0. The molecule has 5 nitrogen and oxygen atoms in total. The standard InChI is InChI=1S/C13H24N2O3/c1-5-6-10(3)14(4)13(18)15-7-9(2)11(8-15)12(16)17/h9-11H,5-8H2,1-4H3,(H,16,17). The first-order valence-electron chi connectivity index (χ1n) is 6.63. The van der Waals surface area contributed by atoms with Crippen molar-refractivity contribution in [1.29, 1.82) is 0 Å². The zero-order valence-corrected chi connectivity index (χ0v) is 11.7. The summed E-state index contributed by atoms with van der Waals surface area (Å²) in [5, 5.41) is 9.06. The van der Waals surface area contributed by atoms with Gasteiger partial charge in [-0.15, -0.1) is 0 Å². The SMILES string of the molecule is CCCC(C)N(C)C(=O)N1CC(C)C(C(=O)O)C1. The van der Waals surface area contributed by atoms with Gasteiger partial charge in [0.1, 0.15) is 0 Å². The summed E-state index contributed by atoms with van der Waals surface area (Å²) in [6, 6.07) is 0.147. The van der Waals surface area contributed by atoms with Crippen LogP contribution in [-0.4, -0.2) is 53.1 Å². The van der Waals surface area contributed by atoms with Gasteiger partial charge in [0.05, 0.1) is 5.92 Å². The highest BCUT2D eigenvalue weighted by molar-refractivity contribution is 5.77. The first kappa shape index (κ1) is 14.8. The minimum absolute atomic E-state index is 0.0290. The fourth-order valence-electron chi connectivity index (χ4n) is 2.47. The summed E-state index contributed by atoms with van der Waals surface area (Å²) in [5.74, 6) is -1.20. The average Bonchev–Trinajstić information content (AvgIpc) is 2.69. The Balaban J connectivity index is 2.61. The van der Waals surface area contributed by atoms with Gasteiger partial charge in [-0.1, -0.05) is 20.3 Å². The monoisotopic (exact) mass is 256 g/mol. The molecule has 1 saturated heterocycles. The topological polar surface area (TPSA) is 60.9 Å². The Kier molecular flexibility index (Phi) is 4.99. The van der Waals surface area contributed by atoms with Gasteiger partial charge >= 0.3 is 12.0 Å². The lowest BCUT2D eigenvalue weighted by atomic mass is 9.99. The van der Waals surface area contributed by atoms with Crippen molar-refractivity contribution in [2.45, 2.75) is 39.7 Å². The van der Waals surface area contributed by atoms with E-state index in [1.807, 2.05) is 13.8 Å². The van der Waals surface area contributed by atoms with Crippen molar-refractivity contribution in [2.75, 3.05) is 20.1 Å². The number of carbonyl (C=O) groups excluding carboxylic acids is 1. The first-order chi connectivity index (χ1) is 8.38. The summed E-state index contributed by atoms with van der Waals surface area (Å²) < 4.78 is 0. The van der Waals surface area contributed by atoms with Gasteiger partial charge in [-0.25, -0.2) is 4.79 Å². The number of hydrogen-bond acceptors (Lipinski definition) is 2. The van der Waals surface area contributed by atoms with Crippen LogP contribution >= 0.6 is 0 Å². The highest BCUT2D eigenvalue weighted by atomic mass is 16.4. The molecule has 1 fully saturated rings. The maximum atomic E-state index is 12.2. The molecule has 0 saturated carbocycles. The molecule has 1 rings (SSSR count). The highest BCUT2D eigenvalue weighted by Gasteiger charge is 2.38. The molecular formula is C13H24N2O3. The van der Waals surface area contributed by atoms with E-state index in [-0.39, 0.29) is 18.0 Å². The number of aliphatic carboxylic acids is 1. The summed E-state index contributed by atoms with van der Waals surface area (Å²) in [5.41, 5.74) is 0. The van der Waals surface area contributed by atoms with Crippen LogP contribution in [0.5, 0.6) is 0 Å². The van der Waals surface area contributed by atoms with Crippen LogP contribution < -0.4 is 0 Å². The summed E-state index contributed by atoms with van der Waals surface area (Å²) in [6.45, 7) is 6.88. The van der Waals surface area contributed by atoms with E-state index >= 15 is 0 Å². The van der Waals surface area contributed by atoms with E-state index in [0.717, 1.165) is 12.8 Å². The van der Waals surface area contributed by atoms with E-state index in [2.05, 4.69) is 6.92 Å². The molecule has 1 N–H and O–H groups in total. The zero-order chi connectivity index (χ0) is 13.9. The second kappa shape index (κ2) is 6.07. The summed E-state index contributed by atoms with van der Waals surface area (Å²) in [6.07, 6.45) is 2.00. The Morgan fingerprint density at radius 2 is 2.06 bits per heavy atom. The van der Waals surface area contributed by atoms with Crippen LogP contribution in [0.2, 0.25) is 0 Å². The fraction of sp³-hybridized carbons (Fsp3) is 0.846. The third kappa shape index (κ3) is 3.15. The third-order valence-corrected chi connectivity index (χ3v) is 3.87. The van der Waals surface area contributed by atoms with E-state index < -0.39 is 11.9 Å². The van der Waals surface area contributed by atoms with Crippen LogP contribution in [0.15, 0.2) is 0 Å². The molecule has 0 aliphatic carbocycles. The second-order valence-electron chi connectivity index (χ2n) is 5.36. The Bertz CT molecular complexity index is 319. The molecule has 0 spiro atoms. The Hall–Kier alpha value is -1.26. The van der Waals surface area contributed by atoms with Gasteiger partial charge in [0, 0.05) is 26.2 Å². The van der Waals surface area contributed by atoms with E-state index in [9.17, 15) is 9.59 Å². The molecule has 0 bridgehead atoms. The number of carbonyl (C=O) groups is 2. The largest absolute Gasteiger partial charge is 0.481 e. The predicted molar refractivity (Wildman–Crippen MR) is 69.4 cm³/mol. The maximum absolute atomic E-state index is 12.2. The summed E-state index contributed by atoms with van der Waals surface area (Å²) in [4.78, 5) is 26.7. The van der Waals surface area contributed by atoms with E-state index in [4.69, 9.17) is 5.11 Å². The quantitative estimate of drug-likeness (QED) is 0.835. The molecule has 1 aliphatic heterocycles. The summed E-state index contributed by atoms with van der Waals surface area (Å²) >= 11 is 0. The predicted octanol–water partition coefficient (Wildman–Crippen LogP) is 1.88. The Labute approximate surface area is 109 Å². The van der Waals surface area contributed by atoms with Gasteiger partial charge < -0.3 is 14.9 Å². The molecule has 104 valence electrons. The average molecular weight is 256 g/mol. The lowest BCUT2D eigenvalue weighted by Crippen LogP contribution is -2.44. The molecule has 18 heavy (non-hydrogen) atoms. The lowest BCUT2D eigenvalue weighted by Gasteiger charge is -2.29. The number of amides is 2. The molecular weight excluding hydrogens is 232 g/mol. The molecule has 1 heterocycles. The van der Waals surface area contributed by atoms with Crippen LogP contribution in [-0.2, 0) is 4.79 Å². The van der Waals surface area contributed by atoms with E-state index in [1.54, 1.807) is 16.8 Å². The number of likely N-dealkylation sites (tertiary alicyclic amines) is 1. The van der Waals surface area contributed by atoms with Crippen molar-refractivity contribution in [3.63, 3.8) is 0 Å². The second-order valence-corrected chi connectivity index (χ2v) is 5.36. The van der Waals surface area contributed by atoms with Crippen molar-refractivity contribution in [3.8, 4) is 0 Å². The molecule has 5 heteroatoms. The number of rotatable bonds is 4. The third-order valence-electron chi connectivity index (χ3n) is 3.87. The molecule has 1 aliphatic rings. The molecule has 2 amide bonds. The minimum Gasteiger partial charge on any atom is -0.481 e. The highest BCUT2D eigenvalue weighted by Crippen LogP contribution is 2.24. The van der Waals surface area contributed by atoms with Gasteiger partial charge in [-0.3, -0.25) is 4.79 Å². The fourth-order valence-corrected chi connectivity index (χ4v) is 2.47. The molecule has 0 aromatic carbocycles. The number of carboxylic acids is 1. The van der Waals surface area contributed by atoms with E-state index in [1.165, 1.54) is 0 Å². The number of hydrogen-bond donors (Lipinski definition) is 1. The van der Waals surface area contributed by atoms with Crippen molar-refractivity contribution in [2.24, 2.45) is 11.8 Å². The molecule has 0 aromatic heterocycles. The zero-order valence-electron chi connectivity index (χ0n) is 11.7. The van der Waals surface area contributed by atoms with Gasteiger partial charge in [0.25, 0.3) is 0 Å². The van der Waals surface area contributed by atoms with Crippen LogP contribution in [0.25, 0.3) is 0 Å². The maximum Gasteiger partial charge on any atom is 0.320 e. The Morgan fingerprint density at radius 1 is 1.44 bits per heavy atom. The first-order valence-corrected chi connectivity index (χ1v) is 6.63. The van der Waals surface area contributed by atoms with Crippen LogP contribution in [0, 0.1) is 11.8 Å².